The lowest BCUT2D eigenvalue weighted by atomic mass is 9.76. The molecular weight excluding hydrogens is 310 g/mol. The highest BCUT2D eigenvalue weighted by atomic mass is 16.7. The summed E-state index contributed by atoms with van der Waals surface area (Å²) in [6.07, 6.45) is 1.13. The first-order valence-corrected chi connectivity index (χ1v) is 7.80. The second kappa shape index (κ2) is 5.83. The van der Waals surface area contributed by atoms with Crippen LogP contribution < -0.4 is 16.1 Å². The Morgan fingerprint density at radius 2 is 2.17 bits per heavy atom. The lowest BCUT2D eigenvalue weighted by molar-refractivity contribution is -0.122. The average Bonchev–Trinajstić information content (AvgIpc) is 2.62. The Morgan fingerprint density at radius 3 is 2.88 bits per heavy atom. The quantitative estimate of drug-likeness (QED) is 0.728. The van der Waals surface area contributed by atoms with Gasteiger partial charge in [-0.25, -0.2) is 5.06 Å². The summed E-state index contributed by atoms with van der Waals surface area (Å²) in [5.41, 5.74) is 7.40. The van der Waals surface area contributed by atoms with E-state index >= 15 is 0 Å². The van der Waals surface area contributed by atoms with Gasteiger partial charge in [-0.1, -0.05) is 19.9 Å². The van der Waals surface area contributed by atoms with Crippen LogP contribution in [-0.4, -0.2) is 29.9 Å². The van der Waals surface area contributed by atoms with Crippen molar-refractivity contribution < 1.29 is 19.5 Å². The van der Waals surface area contributed by atoms with Crippen LogP contribution in [0.2, 0.25) is 0 Å². The molecule has 3 rings (SSSR count). The standard InChI is InChI=1S/C17H21N3O4/c1-17(2)6-11-10(14(22)7-17)8-20(24-9-15(18)23)12-4-3-5-13(21)16(12)19-11/h3-5,19,21H,6-9H2,1-2H3,(H2,18,23). The molecule has 7 nitrogen and oxygen atoms in total. The van der Waals surface area contributed by atoms with Gasteiger partial charge in [-0.15, -0.1) is 0 Å². The number of hydrogen-bond acceptors (Lipinski definition) is 6. The minimum atomic E-state index is -0.612. The zero-order valence-electron chi connectivity index (χ0n) is 13.8. The Kier molecular flexibility index (Phi) is 3.96. The number of phenols is 1. The fourth-order valence-electron chi connectivity index (χ4n) is 3.16. The number of fused-ring (bicyclic) bond motifs is 1. The van der Waals surface area contributed by atoms with Crippen molar-refractivity contribution in [2.24, 2.45) is 11.1 Å². The van der Waals surface area contributed by atoms with Gasteiger partial charge in [0.15, 0.2) is 12.4 Å². The maximum absolute atomic E-state index is 12.6. The topological polar surface area (TPSA) is 105 Å². The molecule has 0 aromatic heterocycles. The van der Waals surface area contributed by atoms with E-state index in [1.165, 1.54) is 5.06 Å². The Labute approximate surface area is 140 Å². The summed E-state index contributed by atoms with van der Waals surface area (Å²) in [4.78, 5) is 29.1. The van der Waals surface area contributed by atoms with Crippen LogP contribution in [0.15, 0.2) is 29.5 Å². The molecular formula is C17H21N3O4. The number of nitrogens with two attached hydrogens (primary N) is 1. The van der Waals surface area contributed by atoms with Gasteiger partial charge in [0.2, 0.25) is 5.91 Å². The fraction of sp³-hybridized carbons (Fsp3) is 0.412. The molecule has 1 aliphatic heterocycles. The molecule has 0 spiro atoms. The Bertz CT molecular complexity index is 739. The van der Waals surface area contributed by atoms with Gasteiger partial charge < -0.3 is 16.2 Å². The van der Waals surface area contributed by atoms with Crippen molar-refractivity contribution in [1.82, 2.24) is 0 Å². The minimum Gasteiger partial charge on any atom is -0.506 e. The van der Waals surface area contributed by atoms with Gasteiger partial charge in [0, 0.05) is 17.7 Å². The maximum atomic E-state index is 12.6. The van der Waals surface area contributed by atoms with Gasteiger partial charge in [0.1, 0.15) is 11.4 Å². The first kappa shape index (κ1) is 16.3. The highest BCUT2D eigenvalue weighted by Gasteiger charge is 2.36. The molecule has 1 amide bonds. The monoisotopic (exact) mass is 331 g/mol. The molecule has 0 fully saturated rings. The van der Waals surface area contributed by atoms with E-state index in [1.807, 2.05) is 13.8 Å². The molecule has 0 bridgehead atoms. The van der Waals surface area contributed by atoms with Gasteiger partial charge in [0.25, 0.3) is 0 Å². The van der Waals surface area contributed by atoms with Gasteiger partial charge in [-0.05, 0) is 24.0 Å². The van der Waals surface area contributed by atoms with Crippen LogP contribution in [0, 0.1) is 5.41 Å². The zero-order chi connectivity index (χ0) is 17.5. The largest absolute Gasteiger partial charge is 0.506 e. The van der Waals surface area contributed by atoms with Crippen LogP contribution in [0.4, 0.5) is 11.4 Å². The fourth-order valence-corrected chi connectivity index (χ4v) is 3.16. The van der Waals surface area contributed by atoms with Crippen molar-refractivity contribution >= 4 is 23.1 Å². The predicted octanol–water partition coefficient (Wildman–Crippen LogP) is 1.68. The number of Topliss-reactive ketones (excluding diaryl/α,β-unsaturated/α-hetero) is 1. The number of rotatable bonds is 3. The number of primary amides is 1. The van der Waals surface area contributed by atoms with E-state index in [0.717, 1.165) is 5.70 Å². The number of benzene rings is 1. The number of hydrogen-bond donors (Lipinski definition) is 3. The molecule has 1 aromatic rings. The summed E-state index contributed by atoms with van der Waals surface area (Å²) < 4.78 is 0. The van der Waals surface area contributed by atoms with E-state index in [0.29, 0.717) is 29.8 Å². The number of nitrogens with one attached hydrogen (secondary N) is 1. The summed E-state index contributed by atoms with van der Waals surface area (Å²) in [7, 11) is 0. The molecule has 0 atom stereocenters. The maximum Gasteiger partial charge on any atom is 0.246 e. The molecule has 2 aliphatic rings. The third-order valence-corrected chi connectivity index (χ3v) is 4.22. The van der Waals surface area contributed by atoms with Crippen molar-refractivity contribution in [3.8, 4) is 5.75 Å². The number of amides is 1. The lowest BCUT2D eigenvalue weighted by Crippen LogP contribution is -2.35. The SMILES string of the molecule is CC1(C)CC(=O)C2=C(C1)Nc1c(O)cccc1N(OCC(N)=O)C2. The summed E-state index contributed by atoms with van der Waals surface area (Å²) >= 11 is 0. The molecule has 0 saturated carbocycles. The average molecular weight is 331 g/mol. The number of phenolic OH excluding ortho intramolecular Hbond substituents is 1. The van der Waals surface area contributed by atoms with E-state index in [4.69, 9.17) is 10.6 Å². The van der Waals surface area contributed by atoms with Crippen LogP contribution in [0.3, 0.4) is 0 Å². The van der Waals surface area contributed by atoms with Crippen LogP contribution in [0.25, 0.3) is 0 Å². The Morgan fingerprint density at radius 1 is 1.42 bits per heavy atom. The van der Waals surface area contributed by atoms with Crippen molar-refractivity contribution in [1.29, 1.82) is 0 Å². The van der Waals surface area contributed by atoms with E-state index in [1.54, 1.807) is 18.2 Å². The number of allylic oxidation sites excluding steroid dienone is 1. The van der Waals surface area contributed by atoms with Crippen molar-refractivity contribution in [3.05, 3.63) is 29.5 Å². The normalized spacial score (nSPS) is 19.2. The highest BCUT2D eigenvalue weighted by molar-refractivity contribution is 6.00. The number of para-hydroxylation sites is 1. The smallest absolute Gasteiger partial charge is 0.246 e. The first-order valence-electron chi connectivity index (χ1n) is 7.80. The van der Waals surface area contributed by atoms with E-state index in [9.17, 15) is 14.7 Å². The number of hydroxylamine groups is 1. The summed E-state index contributed by atoms with van der Waals surface area (Å²) in [5, 5.41) is 14.9. The van der Waals surface area contributed by atoms with E-state index < -0.39 is 5.91 Å². The lowest BCUT2D eigenvalue weighted by Gasteiger charge is -2.32. The number of ketones is 1. The summed E-state index contributed by atoms with van der Waals surface area (Å²) in [6.45, 7) is 3.96. The molecule has 7 heteroatoms. The molecule has 0 radical (unpaired) electrons. The number of nitrogens with zero attached hydrogens (tertiary/aromatic N) is 1. The van der Waals surface area contributed by atoms with Crippen LogP contribution >= 0.6 is 0 Å². The first-order chi connectivity index (χ1) is 11.3. The van der Waals surface area contributed by atoms with Gasteiger partial charge in [0.05, 0.1) is 12.2 Å². The molecule has 128 valence electrons. The second-order valence-electron chi connectivity index (χ2n) is 6.97. The van der Waals surface area contributed by atoms with Gasteiger partial charge in [-0.3, -0.25) is 14.4 Å². The van der Waals surface area contributed by atoms with Crippen LogP contribution in [0.1, 0.15) is 26.7 Å². The van der Waals surface area contributed by atoms with Gasteiger partial charge in [-0.2, -0.15) is 0 Å². The van der Waals surface area contributed by atoms with Crippen LogP contribution in [-0.2, 0) is 14.4 Å². The van der Waals surface area contributed by atoms with Crippen molar-refractivity contribution in [2.75, 3.05) is 23.5 Å². The van der Waals surface area contributed by atoms with E-state index in [-0.39, 0.29) is 30.1 Å². The molecule has 1 heterocycles. The van der Waals surface area contributed by atoms with Crippen LogP contribution in [0.5, 0.6) is 5.75 Å². The van der Waals surface area contributed by atoms with Crippen molar-refractivity contribution in [2.45, 2.75) is 26.7 Å². The summed E-state index contributed by atoms with van der Waals surface area (Å²) in [6, 6.07) is 4.98. The minimum absolute atomic E-state index is 0.0359. The second-order valence-corrected chi connectivity index (χ2v) is 6.97. The Hall–Kier alpha value is -2.54. The third kappa shape index (κ3) is 3.07. The zero-order valence-corrected chi connectivity index (χ0v) is 13.8. The number of anilines is 2. The van der Waals surface area contributed by atoms with Gasteiger partial charge >= 0.3 is 0 Å². The third-order valence-electron chi connectivity index (χ3n) is 4.22. The molecule has 24 heavy (non-hydrogen) atoms. The number of aromatic hydroxyl groups is 1. The molecule has 0 saturated heterocycles. The Balaban J connectivity index is 2.04. The number of carbonyl (C=O) groups is 2. The molecule has 4 N–H and O–H groups in total. The van der Waals surface area contributed by atoms with Crippen molar-refractivity contribution in [3.63, 3.8) is 0 Å². The number of carbonyl (C=O) groups excluding carboxylic acids is 2. The molecule has 1 aliphatic carbocycles. The summed E-state index contributed by atoms with van der Waals surface area (Å²) in [5.74, 6) is -0.530. The molecule has 0 unspecified atom stereocenters. The predicted molar refractivity (Wildman–Crippen MR) is 89.3 cm³/mol. The molecule has 1 aromatic carbocycles. The van der Waals surface area contributed by atoms with E-state index in [2.05, 4.69) is 5.32 Å². The highest BCUT2D eigenvalue weighted by Crippen LogP contribution is 2.44.